The van der Waals surface area contributed by atoms with Crippen molar-refractivity contribution in [3.8, 4) is 0 Å². The summed E-state index contributed by atoms with van der Waals surface area (Å²) >= 11 is 0. The third kappa shape index (κ3) is 5.16. The minimum atomic E-state index is -3.88. The quantitative estimate of drug-likeness (QED) is 0.486. The fourth-order valence-electron chi connectivity index (χ4n) is 3.85. The molecular weight excluding hydrogens is 430 g/mol. The standard InChI is InChI=1S/C23H29N3O5S/c1-4-16(2)18-6-8-20(9-7-18)24-23(27)19-11-13-25(14-12-19)32(30,31)22-15-21(26(28)29)10-5-17(22)3/h5-10,15-16,19H,4,11-14H2,1-3H3,(H,24,27). The molecule has 32 heavy (non-hydrogen) atoms. The number of aryl methyl sites for hydroxylation is 1. The Morgan fingerprint density at radius 1 is 1.19 bits per heavy atom. The summed E-state index contributed by atoms with van der Waals surface area (Å²) in [4.78, 5) is 23.1. The SMILES string of the molecule is CCC(C)c1ccc(NC(=O)C2CCN(S(=O)(=O)c3cc([N+](=O)[O-])ccc3C)CC2)cc1. The van der Waals surface area contributed by atoms with Crippen LogP contribution in [-0.2, 0) is 14.8 Å². The molecule has 1 saturated heterocycles. The fourth-order valence-corrected chi connectivity index (χ4v) is 5.57. The van der Waals surface area contributed by atoms with Crippen LogP contribution in [0.1, 0.15) is 50.2 Å². The van der Waals surface area contributed by atoms with Gasteiger partial charge < -0.3 is 5.32 Å². The highest BCUT2D eigenvalue weighted by Crippen LogP contribution is 2.29. The number of non-ortho nitro benzene ring substituents is 1. The van der Waals surface area contributed by atoms with Crippen LogP contribution in [0.25, 0.3) is 0 Å². The Kier molecular flexibility index (Phi) is 7.30. The van der Waals surface area contributed by atoms with Gasteiger partial charge in [-0.1, -0.05) is 32.0 Å². The summed E-state index contributed by atoms with van der Waals surface area (Å²) in [5, 5.41) is 14.0. The maximum Gasteiger partial charge on any atom is 0.270 e. The number of nitro benzene ring substituents is 1. The van der Waals surface area contributed by atoms with Crippen molar-refractivity contribution in [2.45, 2.75) is 50.8 Å². The number of carbonyl (C=O) groups is 1. The molecule has 0 saturated carbocycles. The van der Waals surface area contributed by atoms with Crippen molar-refractivity contribution in [3.05, 3.63) is 63.7 Å². The van der Waals surface area contributed by atoms with Gasteiger partial charge in [0.05, 0.1) is 9.82 Å². The van der Waals surface area contributed by atoms with Gasteiger partial charge in [0.15, 0.2) is 0 Å². The van der Waals surface area contributed by atoms with Gasteiger partial charge in [-0.3, -0.25) is 14.9 Å². The molecular formula is C23H29N3O5S. The second kappa shape index (κ2) is 9.79. The summed E-state index contributed by atoms with van der Waals surface area (Å²) in [6.45, 7) is 6.28. The lowest BCUT2D eigenvalue weighted by Crippen LogP contribution is -2.41. The molecule has 1 aliphatic heterocycles. The van der Waals surface area contributed by atoms with E-state index in [-0.39, 0.29) is 35.5 Å². The van der Waals surface area contributed by atoms with Crippen LogP contribution in [0.4, 0.5) is 11.4 Å². The lowest BCUT2D eigenvalue weighted by Gasteiger charge is -2.31. The van der Waals surface area contributed by atoms with Gasteiger partial charge in [-0.2, -0.15) is 4.31 Å². The highest BCUT2D eigenvalue weighted by Gasteiger charge is 2.33. The molecule has 8 nitrogen and oxygen atoms in total. The molecule has 1 amide bonds. The molecule has 9 heteroatoms. The number of hydrogen-bond acceptors (Lipinski definition) is 5. The number of carbonyl (C=O) groups excluding carboxylic acids is 1. The number of piperidine rings is 1. The Labute approximate surface area is 188 Å². The van der Waals surface area contributed by atoms with E-state index in [1.54, 1.807) is 6.92 Å². The van der Waals surface area contributed by atoms with Gasteiger partial charge in [0.1, 0.15) is 0 Å². The predicted molar refractivity (Wildman–Crippen MR) is 123 cm³/mol. The topological polar surface area (TPSA) is 110 Å². The summed E-state index contributed by atoms with van der Waals surface area (Å²) in [6, 6.07) is 11.7. The average molecular weight is 460 g/mol. The van der Waals surface area contributed by atoms with E-state index in [2.05, 4.69) is 19.2 Å². The Bertz CT molecular complexity index is 1090. The van der Waals surface area contributed by atoms with Gasteiger partial charge in [0.25, 0.3) is 5.69 Å². The van der Waals surface area contributed by atoms with Gasteiger partial charge in [0, 0.05) is 36.8 Å². The minimum absolute atomic E-state index is 0.0593. The first-order valence-electron chi connectivity index (χ1n) is 10.8. The van der Waals surface area contributed by atoms with Crippen LogP contribution in [0.2, 0.25) is 0 Å². The summed E-state index contributed by atoms with van der Waals surface area (Å²) in [6.07, 6.45) is 1.83. The molecule has 1 unspecified atom stereocenters. The van der Waals surface area contributed by atoms with Crippen LogP contribution in [0.15, 0.2) is 47.4 Å². The van der Waals surface area contributed by atoms with E-state index in [1.165, 1.54) is 22.0 Å². The monoisotopic (exact) mass is 459 g/mol. The van der Waals surface area contributed by atoms with Crippen molar-refractivity contribution < 1.29 is 18.1 Å². The molecule has 0 radical (unpaired) electrons. The van der Waals surface area contributed by atoms with Crippen molar-refractivity contribution in [2.24, 2.45) is 5.92 Å². The summed E-state index contributed by atoms with van der Waals surface area (Å²) in [5.74, 6) is 0.0486. The maximum atomic E-state index is 13.1. The molecule has 1 heterocycles. The second-order valence-corrected chi connectivity index (χ2v) is 10.2. The molecule has 1 atom stereocenters. The lowest BCUT2D eigenvalue weighted by molar-refractivity contribution is -0.385. The first kappa shape index (κ1) is 23.9. The minimum Gasteiger partial charge on any atom is -0.326 e. The van der Waals surface area contributed by atoms with E-state index in [1.807, 2.05) is 24.3 Å². The molecule has 2 aromatic rings. The summed E-state index contributed by atoms with van der Waals surface area (Å²) in [5.41, 5.74) is 2.14. The van der Waals surface area contributed by atoms with Crippen LogP contribution < -0.4 is 5.32 Å². The zero-order chi connectivity index (χ0) is 23.5. The van der Waals surface area contributed by atoms with Crippen LogP contribution in [0, 0.1) is 23.0 Å². The van der Waals surface area contributed by atoms with Crippen molar-refractivity contribution >= 4 is 27.3 Å². The number of nitrogens with zero attached hydrogens (tertiary/aromatic N) is 2. The van der Waals surface area contributed by atoms with Crippen molar-refractivity contribution in [1.82, 2.24) is 4.31 Å². The Morgan fingerprint density at radius 3 is 2.38 bits per heavy atom. The highest BCUT2D eigenvalue weighted by molar-refractivity contribution is 7.89. The number of nitro groups is 1. The maximum absolute atomic E-state index is 13.1. The van der Waals surface area contributed by atoms with E-state index in [9.17, 15) is 23.3 Å². The average Bonchev–Trinajstić information content (AvgIpc) is 2.79. The number of amides is 1. The molecule has 0 bridgehead atoms. The van der Waals surface area contributed by atoms with Crippen LogP contribution in [-0.4, -0.2) is 36.6 Å². The van der Waals surface area contributed by atoms with Crippen molar-refractivity contribution in [2.75, 3.05) is 18.4 Å². The lowest BCUT2D eigenvalue weighted by atomic mass is 9.96. The predicted octanol–water partition coefficient (Wildman–Crippen LogP) is 4.46. The number of rotatable bonds is 7. The third-order valence-electron chi connectivity index (χ3n) is 6.18. The van der Waals surface area contributed by atoms with E-state index in [0.29, 0.717) is 24.3 Å². The van der Waals surface area contributed by atoms with Gasteiger partial charge >= 0.3 is 0 Å². The number of sulfonamides is 1. The van der Waals surface area contributed by atoms with E-state index in [4.69, 9.17) is 0 Å². The van der Waals surface area contributed by atoms with E-state index in [0.717, 1.165) is 18.2 Å². The first-order valence-corrected chi connectivity index (χ1v) is 12.2. The highest BCUT2D eigenvalue weighted by atomic mass is 32.2. The van der Waals surface area contributed by atoms with Crippen molar-refractivity contribution in [1.29, 1.82) is 0 Å². The number of nitrogens with one attached hydrogen (secondary N) is 1. The molecule has 3 rings (SSSR count). The molecule has 0 aliphatic carbocycles. The number of benzene rings is 2. The van der Waals surface area contributed by atoms with Crippen LogP contribution in [0.5, 0.6) is 0 Å². The molecule has 1 N–H and O–H groups in total. The summed E-state index contributed by atoms with van der Waals surface area (Å²) < 4.78 is 27.4. The zero-order valence-electron chi connectivity index (χ0n) is 18.6. The largest absolute Gasteiger partial charge is 0.326 e. The normalized spacial score (nSPS) is 16.5. The van der Waals surface area contributed by atoms with E-state index >= 15 is 0 Å². The van der Waals surface area contributed by atoms with Gasteiger partial charge in [-0.25, -0.2) is 8.42 Å². The summed E-state index contributed by atoms with van der Waals surface area (Å²) in [7, 11) is -3.88. The first-order chi connectivity index (χ1) is 15.1. The molecule has 0 aromatic heterocycles. The van der Waals surface area contributed by atoms with Crippen molar-refractivity contribution in [3.63, 3.8) is 0 Å². The van der Waals surface area contributed by atoms with Crippen LogP contribution >= 0.6 is 0 Å². The van der Waals surface area contributed by atoms with E-state index < -0.39 is 14.9 Å². The fraction of sp³-hybridized carbons (Fsp3) is 0.435. The third-order valence-corrected chi connectivity index (χ3v) is 8.23. The smallest absolute Gasteiger partial charge is 0.270 e. The number of hydrogen-bond donors (Lipinski definition) is 1. The number of anilines is 1. The molecule has 2 aromatic carbocycles. The zero-order valence-corrected chi connectivity index (χ0v) is 19.4. The van der Waals surface area contributed by atoms with Gasteiger partial charge in [-0.15, -0.1) is 0 Å². The van der Waals surface area contributed by atoms with Crippen LogP contribution in [0.3, 0.4) is 0 Å². The van der Waals surface area contributed by atoms with Gasteiger partial charge in [0.2, 0.25) is 15.9 Å². The Balaban J connectivity index is 1.64. The molecule has 1 aliphatic rings. The van der Waals surface area contributed by atoms with Gasteiger partial charge in [-0.05, 0) is 55.4 Å². The Hall–Kier alpha value is -2.78. The second-order valence-electron chi connectivity index (χ2n) is 8.31. The molecule has 172 valence electrons. The molecule has 1 fully saturated rings. The Morgan fingerprint density at radius 2 is 1.81 bits per heavy atom. The molecule has 0 spiro atoms.